The summed E-state index contributed by atoms with van der Waals surface area (Å²) < 4.78 is 5.53. The van der Waals surface area contributed by atoms with Crippen LogP contribution < -0.4 is 4.74 Å². The molecule has 138 valence electrons. The molecule has 0 spiro atoms. The van der Waals surface area contributed by atoms with E-state index >= 15 is 0 Å². The topological polar surface area (TPSA) is 49.9 Å². The Morgan fingerprint density at radius 3 is 2.16 bits per heavy atom. The van der Waals surface area contributed by atoms with Crippen molar-refractivity contribution >= 4 is 11.8 Å². The molecule has 5 nitrogen and oxygen atoms in total. The molecule has 0 saturated carbocycles. The zero-order valence-electron chi connectivity index (χ0n) is 15.9. The van der Waals surface area contributed by atoms with Crippen LogP contribution in [-0.2, 0) is 4.79 Å². The van der Waals surface area contributed by atoms with Gasteiger partial charge in [0.05, 0.1) is 6.61 Å². The van der Waals surface area contributed by atoms with Gasteiger partial charge in [-0.25, -0.2) is 0 Å². The lowest BCUT2D eigenvalue weighted by Crippen LogP contribution is -2.51. The molecule has 1 aromatic rings. The Kier molecular flexibility index (Phi) is 6.85. The molecule has 1 heterocycles. The Morgan fingerprint density at radius 1 is 1.04 bits per heavy atom. The van der Waals surface area contributed by atoms with Crippen LogP contribution in [-0.4, -0.2) is 54.4 Å². The van der Waals surface area contributed by atoms with E-state index in [0.29, 0.717) is 38.3 Å². The van der Waals surface area contributed by atoms with Crippen LogP contribution in [0.15, 0.2) is 18.2 Å². The number of benzene rings is 1. The minimum Gasteiger partial charge on any atom is -0.494 e. The molecular weight excluding hydrogens is 316 g/mol. The summed E-state index contributed by atoms with van der Waals surface area (Å²) in [5.41, 5.74) is 1.65. The SMILES string of the molecule is CCOc1ccc(C(=O)N2CCN(C(=O)C(CC)CC)CC2)cc1C. The zero-order valence-corrected chi connectivity index (χ0v) is 15.9. The molecule has 0 unspecified atom stereocenters. The fourth-order valence-electron chi connectivity index (χ4n) is 3.31. The van der Waals surface area contributed by atoms with Crippen molar-refractivity contribution in [2.75, 3.05) is 32.8 Å². The van der Waals surface area contributed by atoms with Crippen molar-refractivity contribution in [3.8, 4) is 5.75 Å². The summed E-state index contributed by atoms with van der Waals surface area (Å²) in [7, 11) is 0. The van der Waals surface area contributed by atoms with E-state index in [-0.39, 0.29) is 17.7 Å². The first-order valence-electron chi connectivity index (χ1n) is 9.33. The molecule has 1 fully saturated rings. The Labute approximate surface area is 150 Å². The zero-order chi connectivity index (χ0) is 18.4. The summed E-state index contributed by atoms with van der Waals surface area (Å²) >= 11 is 0. The Bertz CT molecular complexity index is 603. The normalized spacial score (nSPS) is 14.8. The molecule has 0 aliphatic carbocycles. The van der Waals surface area contributed by atoms with Crippen molar-refractivity contribution in [2.45, 2.75) is 40.5 Å². The second-order valence-electron chi connectivity index (χ2n) is 6.54. The number of aryl methyl sites for hydroxylation is 1. The number of carbonyl (C=O) groups excluding carboxylic acids is 2. The third-order valence-electron chi connectivity index (χ3n) is 4.94. The first-order chi connectivity index (χ1) is 12.0. The van der Waals surface area contributed by atoms with E-state index in [2.05, 4.69) is 13.8 Å². The van der Waals surface area contributed by atoms with E-state index in [1.165, 1.54) is 0 Å². The van der Waals surface area contributed by atoms with Crippen molar-refractivity contribution < 1.29 is 14.3 Å². The average Bonchev–Trinajstić information content (AvgIpc) is 2.64. The molecule has 2 rings (SSSR count). The summed E-state index contributed by atoms with van der Waals surface area (Å²) in [6, 6.07) is 5.57. The fourth-order valence-corrected chi connectivity index (χ4v) is 3.31. The van der Waals surface area contributed by atoms with Gasteiger partial charge in [0.2, 0.25) is 5.91 Å². The number of nitrogens with zero attached hydrogens (tertiary/aromatic N) is 2. The Morgan fingerprint density at radius 2 is 1.64 bits per heavy atom. The molecule has 0 N–H and O–H groups in total. The lowest BCUT2D eigenvalue weighted by Gasteiger charge is -2.36. The predicted octanol–water partition coefficient (Wildman–Crippen LogP) is 3.11. The quantitative estimate of drug-likeness (QED) is 0.795. The van der Waals surface area contributed by atoms with Gasteiger partial charge in [0.25, 0.3) is 5.91 Å². The van der Waals surface area contributed by atoms with Crippen molar-refractivity contribution in [2.24, 2.45) is 5.92 Å². The Balaban J connectivity index is 1.97. The van der Waals surface area contributed by atoms with Gasteiger partial charge in [0.1, 0.15) is 5.75 Å². The minimum atomic E-state index is 0.0285. The number of hydrogen-bond donors (Lipinski definition) is 0. The number of piperazine rings is 1. The van der Waals surface area contributed by atoms with Gasteiger partial charge < -0.3 is 14.5 Å². The average molecular weight is 346 g/mol. The van der Waals surface area contributed by atoms with E-state index in [1.807, 2.05) is 41.8 Å². The largest absolute Gasteiger partial charge is 0.494 e. The molecule has 1 aliphatic rings. The molecule has 2 amide bonds. The van der Waals surface area contributed by atoms with Crippen LogP contribution in [0.3, 0.4) is 0 Å². The smallest absolute Gasteiger partial charge is 0.253 e. The standard InChI is InChI=1S/C20H30N2O3/c1-5-16(6-2)19(23)21-10-12-22(13-11-21)20(24)17-8-9-18(25-7-3)15(4)14-17/h8-9,14,16H,5-7,10-13H2,1-4H3. The van der Waals surface area contributed by atoms with Gasteiger partial charge in [-0.05, 0) is 50.5 Å². The lowest BCUT2D eigenvalue weighted by molar-refractivity contribution is -0.137. The summed E-state index contributed by atoms with van der Waals surface area (Å²) in [6.45, 7) is 11.1. The van der Waals surface area contributed by atoms with Gasteiger partial charge in [0.15, 0.2) is 0 Å². The van der Waals surface area contributed by atoms with Crippen LogP contribution in [0.25, 0.3) is 0 Å². The maximum absolute atomic E-state index is 12.7. The first kappa shape index (κ1) is 19.3. The van der Waals surface area contributed by atoms with E-state index in [4.69, 9.17) is 4.74 Å². The number of ether oxygens (including phenoxy) is 1. The van der Waals surface area contributed by atoms with Crippen LogP contribution in [0.5, 0.6) is 5.75 Å². The van der Waals surface area contributed by atoms with Gasteiger partial charge in [-0.1, -0.05) is 13.8 Å². The molecule has 0 aromatic heterocycles. The van der Waals surface area contributed by atoms with Gasteiger partial charge in [0, 0.05) is 37.7 Å². The number of amides is 2. The second kappa shape index (κ2) is 8.88. The second-order valence-corrected chi connectivity index (χ2v) is 6.54. The van der Waals surface area contributed by atoms with Crippen molar-refractivity contribution in [3.05, 3.63) is 29.3 Å². The maximum Gasteiger partial charge on any atom is 0.253 e. The van der Waals surface area contributed by atoms with Crippen LogP contribution in [0, 0.1) is 12.8 Å². The van der Waals surface area contributed by atoms with Crippen molar-refractivity contribution in [3.63, 3.8) is 0 Å². The van der Waals surface area contributed by atoms with Gasteiger partial charge >= 0.3 is 0 Å². The minimum absolute atomic E-state index is 0.0285. The van der Waals surface area contributed by atoms with E-state index in [1.54, 1.807) is 0 Å². The van der Waals surface area contributed by atoms with Crippen LogP contribution in [0.1, 0.15) is 49.5 Å². The first-order valence-corrected chi connectivity index (χ1v) is 9.33. The molecule has 0 radical (unpaired) electrons. The number of rotatable bonds is 6. The van der Waals surface area contributed by atoms with Crippen LogP contribution >= 0.6 is 0 Å². The molecule has 1 aliphatic heterocycles. The highest BCUT2D eigenvalue weighted by molar-refractivity contribution is 5.94. The highest BCUT2D eigenvalue weighted by atomic mass is 16.5. The lowest BCUT2D eigenvalue weighted by atomic mass is 10.0. The molecule has 5 heteroatoms. The van der Waals surface area contributed by atoms with Crippen molar-refractivity contribution in [1.82, 2.24) is 9.80 Å². The number of carbonyl (C=O) groups is 2. The van der Waals surface area contributed by atoms with Gasteiger partial charge in [-0.15, -0.1) is 0 Å². The number of hydrogen-bond acceptors (Lipinski definition) is 3. The maximum atomic E-state index is 12.7. The molecule has 1 saturated heterocycles. The highest BCUT2D eigenvalue weighted by Gasteiger charge is 2.27. The Hall–Kier alpha value is -2.04. The molecule has 1 aromatic carbocycles. The third kappa shape index (κ3) is 4.53. The van der Waals surface area contributed by atoms with Gasteiger partial charge in [-0.3, -0.25) is 9.59 Å². The summed E-state index contributed by atoms with van der Waals surface area (Å²) in [5.74, 6) is 1.19. The third-order valence-corrected chi connectivity index (χ3v) is 4.94. The van der Waals surface area contributed by atoms with E-state index in [9.17, 15) is 9.59 Å². The van der Waals surface area contributed by atoms with Gasteiger partial charge in [-0.2, -0.15) is 0 Å². The van der Waals surface area contributed by atoms with Crippen molar-refractivity contribution in [1.29, 1.82) is 0 Å². The molecule has 25 heavy (non-hydrogen) atoms. The van der Waals surface area contributed by atoms with E-state index < -0.39 is 0 Å². The fraction of sp³-hybridized carbons (Fsp3) is 0.600. The predicted molar refractivity (Wildman–Crippen MR) is 98.9 cm³/mol. The van der Waals surface area contributed by atoms with Crippen LogP contribution in [0.2, 0.25) is 0 Å². The summed E-state index contributed by atoms with van der Waals surface area (Å²) in [4.78, 5) is 28.9. The summed E-state index contributed by atoms with van der Waals surface area (Å²) in [6.07, 6.45) is 1.75. The molecule has 0 atom stereocenters. The molecular formula is C20H30N2O3. The van der Waals surface area contributed by atoms with Crippen LogP contribution in [0.4, 0.5) is 0 Å². The monoisotopic (exact) mass is 346 g/mol. The van der Waals surface area contributed by atoms with E-state index in [0.717, 1.165) is 24.2 Å². The molecule has 0 bridgehead atoms. The summed E-state index contributed by atoms with van der Waals surface area (Å²) in [5, 5.41) is 0. The highest BCUT2D eigenvalue weighted by Crippen LogP contribution is 2.21.